The molecule has 0 heterocycles. The van der Waals surface area contributed by atoms with Crippen molar-refractivity contribution in [1.29, 1.82) is 5.26 Å². The average molecular weight is 255 g/mol. The van der Waals surface area contributed by atoms with Crippen LogP contribution < -0.4 is 0 Å². The smallest absolute Gasteiger partial charge is 0.481 e. The van der Waals surface area contributed by atoms with Gasteiger partial charge < -0.3 is 5.11 Å². The summed E-state index contributed by atoms with van der Waals surface area (Å²) in [5.74, 6) is -0.767. The van der Waals surface area contributed by atoms with Crippen LogP contribution in [0.5, 0.6) is 0 Å². The van der Waals surface area contributed by atoms with Gasteiger partial charge in [-0.05, 0) is 51.4 Å². The van der Waals surface area contributed by atoms with E-state index in [9.17, 15) is 4.79 Å². The standard InChI is InChI=1S/C7H4NO2.C5H5.Fe/c8-4-5-2-1-3-6(5)7(9)10;1-2-4-5-3-1;/h1-3H,(H,9,10);1-5H;/q;;+2. The molecule has 2 fully saturated rings. The van der Waals surface area contributed by atoms with Crippen LogP contribution in [0.4, 0.5) is 0 Å². The van der Waals surface area contributed by atoms with Gasteiger partial charge in [-0.25, -0.2) is 0 Å². The summed E-state index contributed by atoms with van der Waals surface area (Å²) in [7, 11) is 0. The maximum absolute atomic E-state index is 10.3. The number of rotatable bonds is 1. The van der Waals surface area contributed by atoms with Crippen LogP contribution in [-0.4, -0.2) is 11.1 Å². The third-order valence-electron chi connectivity index (χ3n) is 1.72. The normalized spacial score (nSPS) is 20.4. The van der Waals surface area contributed by atoms with Crippen LogP contribution in [0.2, 0.25) is 0 Å². The SMILES string of the molecule is N#C[C]1[CH][CH][CH][C]1C(=O)O.[CH]1[CH][CH][CH][CH]1.[Fe+2]. The summed E-state index contributed by atoms with van der Waals surface area (Å²) < 4.78 is 0. The summed E-state index contributed by atoms with van der Waals surface area (Å²) in [4.78, 5) is 10.3. The molecule has 0 aromatic rings. The van der Waals surface area contributed by atoms with E-state index in [0.717, 1.165) is 0 Å². The fraction of sp³-hybridized carbons (Fsp3) is 0. The minimum absolute atomic E-state index is 0. The van der Waals surface area contributed by atoms with Crippen LogP contribution in [0.15, 0.2) is 0 Å². The first-order valence-corrected chi connectivity index (χ1v) is 4.31. The number of carboxylic acid groups (broad SMARTS) is 1. The van der Waals surface area contributed by atoms with E-state index < -0.39 is 5.97 Å². The molecule has 0 aromatic heterocycles. The number of hydrogen-bond donors (Lipinski definition) is 1. The van der Waals surface area contributed by atoms with Crippen molar-refractivity contribution in [3.63, 3.8) is 0 Å². The van der Waals surface area contributed by atoms with E-state index in [4.69, 9.17) is 10.4 Å². The van der Waals surface area contributed by atoms with Crippen molar-refractivity contribution in [2.24, 2.45) is 0 Å². The van der Waals surface area contributed by atoms with Gasteiger partial charge >= 0.3 is 23.0 Å². The summed E-state index contributed by atoms with van der Waals surface area (Å²) in [5.41, 5.74) is 0. The Hall–Kier alpha value is -0.521. The fourth-order valence-electron chi connectivity index (χ4n) is 1.02. The zero-order valence-electron chi connectivity index (χ0n) is 8.28. The molecule has 0 atom stereocenters. The number of carboxylic acids is 1. The Bertz CT molecular complexity index is 238. The Morgan fingerprint density at radius 3 is 1.88 bits per heavy atom. The molecule has 10 radical (unpaired) electrons. The number of nitriles is 1. The van der Waals surface area contributed by atoms with Crippen LogP contribution in [0.3, 0.4) is 0 Å². The largest absolute Gasteiger partial charge is 2.00 e. The Morgan fingerprint density at radius 1 is 1.06 bits per heavy atom. The molecule has 16 heavy (non-hydrogen) atoms. The zero-order valence-corrected chi connectivity index (χ0v) is 9.38. The third kappa shape index (κ3) is 5.01. The second-order valence-corrected chi connectivity index (χ2v) is 2.73. The zero-order chi connectivity index (χ0) is 11.1. The van der Waals surface area contributed by atoms with Crippen LogP contribution in [0.1, 0.15) is 0 Å². The molecule has 2 saturated carbocycles. The summed E-state index contributed by atoms with van der Waals surface area (Å²) in [6.07, 6.45) is 14.4. The van der Waals surface area contributed by atoms with Gasteiger partial charge in [-0.15, -0.1) is 0 Å². The number of carbonyl (C=O) groups is 1. The predicted molar refractivity (Wildman–Crippen MR) is 54.1 cm³/mol. The van der Waals surface area contributed by atoms with Crippen LogP contribution in [0, 0.1) is 74.5 Å². The van der Waals surface area contributed by atoms with Crippen LogP contribution >= 0.6 is 0 Å². The van der Waals surface area contributed by atoms with Crippen molar-refractivity contribution in [1.82, 2.24) is 0 Å². The molecule has 4 heteroatoms. The van der Waals surface area contributed by atoms with Crippen molar-refractivity contribution in [3.8, 4) is 6.07 Å². The van der Waals surface area contributed by atoms with E-state index in [1.54, 1.807) is 12.5 Å². The van der Waals surface area contributed by atoms with Gasteiger partial charge in [0.1, 0.15) is 5.92 Å². The first kappa shape index (κ1) is 15.5. The number of hydrogen-bond acceptors (Lipinski definition) is 2. The predicted octanol–water partition coefficient (Wildman–Crippen LogP) is 1.39. The van der Waals surface area contributed by atoms with Gasteiger partial charge in [-0.3, -0.25) is 4.79 Å². The molecule has 0 amide bonds. The van der Waals surface area contributed by atoms with Gasteiger partial charge in [0, 0.05) is 0 Å². The summed E-state index contributed by atoms with van der Waals surface area (Å²) in [6.45, 7) is 0. The van der Waals surface area contributed by atoms with Gasteiger partial charge in [0.25, 0.3) is 0 Å². The molecule has 0 spiro atoms. The second kappa shape index (κ2) is 8.61. The maximum Gasteiger partial charge on any atom is 2.00 e. The van der Waals surface area contributed by atoms with Gasteiger partial charge in [-0.2, -0.15) is 5.26 Å². The average Bonchev–Trinajstić information content (AvgIpc) is 2.92. The topological polar surface area (TPSA) is 61.1 Å². The monoisotopic (exact) mass is 255 g/mol. The fourth-order valence-corrected chi connectivity index (χ4v) is 1.02. The Kier molecular flexibility index (Phi) is 8.33. The first-order valence-electron chi connectivity index (χ1n) is 4.31. The van der Waals surface area contributed by atoms with E-state index >= 15 is 0 Å². The van der Waals surface area contributed by atoms with Crippen molar-refractivity contribution in [3.05, 3.63) is 63.2 Å². The quantitative estimate of drug-likeness (QED) is 0.720. The van der Waals surface area contributed by atoms with Gasteiger partial charge in [0.2, 0.25) is 0 Å². The summed E-state index contributed by atoms with van der Waals surface area (Å²) in [5, 5.41) is 16.8. The minimum Gasteiger partial charge on any atom is -0.481 e. The van der Waals surface area contributed by atoms with Crippen molar-refractivity contribution in [2.45, 2.75) is 0 Å². The van der Waals surface area contributed by atoms with E-state index in [-0.39, 0.29) is 28.9 Å². The first-order chi connectivity index (χ1) is 7.25. The van der Waals surface area contributed by atoms with E-state index in [2.05, 4.69) is 0 Å². The summed E-state index contributed by atoms with van der Waals surface area (Å²) in [6, 6.07) is 1.78. The molecule has 0 unspecified atom stereocenters. The van der Waals surface area contributed by atoms with Crippen molar-refractivity contribution in [2.75, 3.05) is 0 Å². The molecule has 0 saturated heterocycles. The summed E-state index contributed by atoms with van der Waals surface area (Å²) >= 11 is 0. The molecule has 1 N–H and O–H groups in total. The molecular formula is C12H9FeNO2+2. The van der Waals surface area contributed by atoms with Gasteiger partial charge in [0.05, 0.1) is 12.0 Å². The molecule has 2 aliphatic carbocycles. The number of aliphatic carboxylic acids is 1. The maximum atomic E-state index is 10.3. The van der Waals surface area contributed by atoms with E-state index in [1.807, 2.05) is 32.1 Å². The molecule has 0 aromatic carbocycles. The van der Waals surface area contributed by atoms with E-state index in [1.165, 1.54) is 12.8 Å². The Balaban J connectivity index is 0.000000318. The van der Waals surface area contributed by atoms with Crippen molar-refractivity contribution >= 4 is 5.97 Å². The van der Waals surface area contributed by atoms with Crippen LogP contribution in [-0.2, 0) is 21.9 Å². The molecule has 80 valence electrons. The minimum atomic E-state index is -1.05. The number of nitrogens with zero attached hydrogens (tertiary/aromatic N) is 1. The second-order valence-electron chi connectivity index (χ2n) is 2.73. The molecule has 0 aliphatic heterocycles. The third-order valence-corrected chi connectivity index (χ3v) is 1.72. The Morgan fingerprint density at radius 2 is 1.56 bits per heavy atom. The molecule has 3 nitrogen and oxygen atoms in total. The van der Waals surface area contributed by atoms with Crippen molar-refractivity contribution < 1.29 is 27.0 Å². The van der Waals surface area contributed by atoms with E-state index in [0.29, 0.717) is 0 Å². The molecule has 2 aliphatic rings. The van der Waals surface area contributed by atoms with Crippen LogP contribution in [0.25, 0.3) is 0 Å². The molecular weight excluding hydrogens is 246 g/mol. The molecule has 0 bridgehead atoms. The van der Waals surface area contributed by atoms with Gasteiger partial charge in [-0.1, -0.05) is 0 Å². The molecule has 2 rings (SSSR count). The Labute approximate surface area is 108 Å². The van der Waals surface area contributed by atoms with Gasteiger partial charge in [0.15, 0.2) is 0 Å².